The van der Waals surface area contributed by atoms with Crippen LogP contribution < -0.4 is 10.1 Å². The van der Waals surface area contributed by atoms with Crippen molar-refractivity contribution in [2.24, 2.45) is 5.92 Å². The topological polar surface area (TPSA) is 38.3 Å². The molecular weight excluding hydrogens is 330 g/mol. The number of nitrogens with one attached hydrogen (secondary N) is 1. The van der Waals surface area contributed by atoms with Crippen molar-refractivity contribution in [3.05, 3.63) is 27.7 Å². The van der Waals surface area contributed by atoms with Crippen molar-refractivity contribution < 1.29 is 9.53 Å². The molecule has 0 atom stereocenters. The standard InChI is InChI=1S/C17H24BrNO2/c1-12-8-15(9-13(2)17(12)18)21-11-16(20)19-10-14-6-4-3-5-7-14/h8-9,14H,3-7,10-11H2,1-2H3,(H,19,20). The van der Waals surface area contributed by atoms with E-state index in [4.69, 9.17) is 4.74 Å². The van der Waals surface area contributed by atoms with Crippen LogP contribution in [0.1, 0.15) is 43.2 Å². The molecule has 0 bridgehead atoms. The predicted octanol–water partition coefficient (Wildman–Crippen LogP) is 4.14. The molecule has 1 amide bonds. The van der Waals surface area contributed by atoms with Crippen molar-refractivity contribution in [2.45, 2.75) is 46.0 Å². The molecule has 116 valence electrons. The Bertz CT molecular complexity index is 473. The van der Waals surface area contributed by atoms with Gasteiger partial charge in [-0.3, -0.25) is 4.79 Å². The highest BCUT2D eigenvalue weighted by atomic mass is 79.9. The number of halogens is 1. The molecule has 3 nitrogen and oxygen atoms in total. The van der Waals surface area contributed by atoms with E-state index in [9.17, 15) is 4.79 Å². The first-order chi connectivity index (χ1) is 10.1. The second kappa shape index (κ2) is 7.83. The Balaban J connectivity index is 1.75. The number of amides is 1. The largest absolute Gasteiger partial charge is 0.484 e. The number of rotatable bonds is 5. The number of ether oxygens (including phenoxy) is 1. The third kappa shape index (κ3) is 5.03. The number of carbonyl (C=O) groups excluding carboxylic acids is 1. The summed E-state index contributed by atoms with van der Waals surface area (Å²) in [5.41, 5.74) is 2.24. The van der Waals surface area contributed by atoms with Crippen LogP contribution in [0.3, 0.4) is 0 Å². The smallest absolute Gasteiger partial charge is 0.257 e. The predicted molar refractivity (Wildman–Crippen MR) is 88.7 cm³/mol. The fourth-order valence-corrected chi connectivity index (χ4v) is 3.07. The molecular formula is C17H24BrNO2. The van der Waals surface area contributed by atoms with E-state index in [1.165, 1.54) is 32.1 Å². The monoisotopic (exact) mass is 353 g/mol. The summed E-state index contributed by atoms with van der Waals surface area (Å²) in [4.78, 5) is 11.9. The van der Waals surface area contributed by atoms with Gasteiger partial charge in [-0.1, -0.05) is 35.2 Å². The summed E-state index contributed by atoms with van der Waals surface area (Å²) in [6, 6.07) is 3.90. The Morgan fingerprint density at radius 2 is 1.86 bits per heavy atom. The Morgan fingerprint density at radius 3 is 2.48 bits per heavy atom. The summed E-state index contributed by atoms with van der Waals surface area (Å²) in [6.07, 6.45) is 6.43. The van der Waals surface area contributed by atoms with Crippen molar-refractivity contribution in [1.29, 1.82) is 0 Å². The Morgan fingerprint density at radius 1 is 1.24 bits per heavy atom. The molecule has 0 heterocycles. The second-order valence-corrected chi connectivity index (χ2v) is 6.76. The zero-order valence-electron chi connectivity index (χ0n) is 12.9. The summed E-state index contributed by atoms with van der Waals surface area (Å²) in [5, 5.41) is 2.99. The van der Waals surface area contributed by atoms with E-state index in [2.05, 4.69) is 21.2 Å². The maximum Gasteiger partial charge on any atom is 0.257 e. The number of benzene rings is 1. The van der Waals surface area contributed by atoms with Crippen LogP contribution in [-0.4, -0.2) is 19.1 Å². The maximum absolute atomic E-state index is 11.9. The van der Waals surface area contributed by atoms with E-state index in [-0.39, 0.29) is 12.5 Å². The number of aryl methyl sites for hydroxylation is 2. The quantitative estimate of drug-likeness (QED) is 0.863. The highest BCUT2D eigenvalue weighted by molar-refractivity contribution is 9.10. The number of hydrogen-bond acceptors (Lipinski definition) is 2. The Kier molecular flexibility index (Phi) is 6.09. The third-order valence-corrected chi connectivity index (χ3v) is 5.34. The SMILES string of the molecule is Cc1cc(OCC(=O)NCC2CCCCC2)cc(C)c1Br. The van der Waals surface area contributed by atoms with Gasteiger partial charge in [-0.05, 0) is 55.9 Å². The number of hydrogen-bond donors (Lipinski definition) is 1. The lowest BCUT2D eigenvalue weighted by Crippen LogP contribution is -2.33. The lowest BCUT2D eigenvalue weighted by molar-refractivity contribution is -0.123. The molecule has 1 saturated carbocycles. The highest BCUT2D eigenvalue weighted by Gasteiger charge is 2.14. The molecule has 0 aliphatic heterocycles. The fourth-order valence-electron chi connectivity index (χ4n) is 2.84. The average molecular weight is 354 g/mol. The minimum Gasteiger partial charge on any atom is -0.484 e. The zero-order chi connectivity index (χ0) is 15.2. The van der Waals surface area contributed by atoms with E-state index >= 15 is 0 Å². The van der Waals surface area contributed by atoms with Gasteiger partial charge in [-0.25, -0.2) is 0 Å². The van der Waals surface area contributed by atoms with Crippen molar-refractivity contribution in [1.82, 2.24) is 5.32 Å². The van der Waals surface area contributed by atoms with Gasteiger partial charge in [0.05, 0.1) is 0 Å². The van der Waals surface area contributed by atoms with Crippen LogP contribution in [0.15, 0.2) is 16.6 Å². The molecule has 1 N–H and O–H groups in total. The van der Waals surface area contributed by atoms with Crippen molar-refractivity contribution in [2.75, 3.05) is 13.2 Å². The molecule has 0 aromatic heterocycles. The van der Waals surface area contributed by atoms with E-state index < -0.39 is 0 Å². The van der Waals surface area contributed by atoms with Crippen LogP contribution in [0, 0.1) is 19.8 Å². The molecule has 1 aliphatic carbocycles. The summed E-state index contributed by atoms with van der Waals surface area (Å²) < 4.78 is 6.69. The summed E-state index contributed by atoms with van der Waals surface area (Å²) in [6.45, 7) is 4.92. The third-order valence-electron chi connectivity index (χ3n) is 4.09. The summed E-state index contributed by atoms with van der Waals surface area (Å²) in [5.74, 6) is 1.37. The molecule has 1 aromatic rings. The van der Waals surface area contributed by atoms with Gasteiger partial charge >= 0.3 is 0 Å². The van der Waals surface area contributed by atoms with Crippen LogP contribution in [0.4, 0.5) is 0 Å². The van der Waals surface area contributed by atoms with Gasteiger partial charge in [0.1, 0.15) is 5.75 Å². The van der Waals surface area contributed by atoms with Crippen LogP contribution in [0.2, 0.25) is 0 Å². The highest BCUT2D eigenvalue weighted by Crippen LogP contribution is 2.26. The van der Waals surface area contributed by atoms with Crippen molar-refractivity contribution >= 4 is 21.8 Å². The van der Waals surface area contributed by atoms with Gasteiger partial charge in [-0.15, -0.1) is 0 Å². The Labute approximate surface area is 135 Å². The molecule has 0 saturated heterocycles. The van der Waals surface area contributed by atoms with Gasteiger partial charge in [-0.2, -0.15) is 0 Å². The van der Waals surface area contributed by atoms with E-state index in [1.807, 2.05) is 26.0 Å². The molecule has 1 aliphatic rings. The van der Waals surface area contributed by atoms with Gasteiger partial charge in [0.25, 0.3) is 5.91 Å². The fraction of sp³-hybridized carbons (Fsp3) is 0.588. The van der Waals surface area contributed by atoms with Crippen molar-refractivity contribution in [3.8, 4) is 5.75 Å². The molecule has 0 radical (unpaired) electrons. The van der Waals surface area contributed by atoms with E-state index in [1.54, 1.807) is 0 Å². The zero-order valence-corrected chi connectivity index (χ0v) is 14.5. The summed E-state index contributed by atoms with van der Waals surface area (Å²) in [7, 11) is 0. The first-order valence-electron chi connectivity index (χ1n) is 7.72. The Hall–Kier alpha value is -1.03. The van der Waals surface area contributed by atoms with Gasteiger partial charge in [0, 0.05) is 11.0 Å². The average Bonchev–Trinajstić information content (AvgIpc) is 2.49. The van der Waals surface area contributed by atoms with Gasteiger partial charge < -0.3 is 10.1 Å². The van der Waals surface area contributed by atoms with Crippen LogP contribution in [0.5, 0.6) is 5.75 Å². The molecule has 4 heteroatoms. The maximum atomic E-state index is 11.9. The first kappa shape index (κ1) is 16.3. The number of carbonyl (C=O) groups is 1. The molecule has 1 aromatic carbocycles. The van der Waals surface area contributed by atoms with Crippen LogP contribution in [-0.2, 0) is 4.79 Å². The second-order valence-electron chi connectivity index (χ2n) is 5.97. The van der Waals surface area contributed by atoms with Crippen LogP contribution in [0.25, 0.3) is 0 Å². The van der Waals surface area contributed by atoms with Gasteiger partial charge in [0.15, 0.2) is 6.61 Å². The van der Waals surface area contributed by atoms with Crippen molar-refractivity contribution in [3.63, 3.8) is 0 Å². The van der Waals surface area contributed by atoms with E-state index in [0.29, 0.717) is 5.92 Å². The van der Waals surface area contributed by atoms with Gasteiger partial charge in [0.2, 0.25) is 0 Å². The summed E-state index contributed by atoms with van der Waals surface area (Å²) >= 11 is 3.53. The molecule has 0 unspecified atom stereocenters. The molecule has 21 heavy (non-hydrogen) atoms. The normalized spacial score (nSPS) is 15.8. The minimum atomic E-state index is -0.0289. The van der Waals surface area contributed by atoms with Crippen LogP contribution >= 0.6 is 15.9 Å². The molecule has 2 rings (SSSR count). The first-order valence-corrected chi connectivity index (χ1v) is 8.52. The minimum absolute atomic E-state index is 0.0289. The van der Waals surface area contributed by atoms with E-state index in [0.717, 1.165) is 27.9 Å². The lowest BCUT2D eigenvalue weighted by atomic mass is 9.89. The molecule has 1 fully saturated rings. The molecule has 0 spiro atoms. The lowest BCUT2D eigenvalue weighted by Gasteiger charge is -2.21.